The molecule has 1 saturated heterocycles. The third kappa shape index (κ3) is 2.74. The summed E-state index contributed by atoms with van der Waals surface area (Å²) in [6.45, 7) is 9.70. The minimum atomic E-state index is -0.0714. The smallest absolute Gasteiger partial charge is 0.238 e. The molecule has 1 heterocycles. The van der Waals surface area contributed by atoms with E-state index in [1.54, 1.807) is 0 Å². The maximum Gasteiger partial charge on any atom is 0.238 e. The van der Waals surface area contributed by atoms with E-state index in [1.807, 2.05) is 6.92 Å². The lowest BCUT2D eigenvalue weighted by Gasteiger charge is -2.43. The van der Waals surface area contributed by atoms with Gasteiger partial charge in [0.2, 0.25) is 5.91 Å². The second-order valence-electron chi connectivity index (χ2n) is 5.14. The Hall–Kier alpha value is -0.610. The number of hydrogen-bond donors (Lipinski definition) is 2. The van der Waals surface area contributed by atoms with E-state index in [-0.39, 0.29) is 17.9 Å². The highest BCUT2D eigenvalue weighted by atomic mass is 16.2. The van der Waals surface area contributed by atoms with Crippen LogP contribution in [-0.4, -0.2) is 29.4 Å². The van der Waals surface area contributed by atoms with E-state index >= 15 is 0 Å². The summed E-state index contributed by atoms with van der Waals surface area (Å²) >= 11 is 0. The predicted octanol–water partition coefficient (Wildman–Crippen LogP) is 1.12. The fourth-order valence-corrected chi connectivity index (χ4v) is 2.58. The number of nitrogens with two attached hydrogens (primary N) is 1. The zero-order chi connectivity index (χ0) is 12.3. The number of nitrogens with zero attached hydrogens (tertiary/aromatic N) is 1. The van der Waals surface area contributed by atoms with E-state index in [9.17, 15) is 4.79 Å². The fraction of sp³-hybridized carbons (Fsp3) is 0.917. The van der Waals surface area contributed by atoms with Crippen molar-refractivity contribution in [1.82, 2.24) is 10.3 Å². The van der Waals surface area contributed by atoms with Crippen LogP contribution < -0.4 is 11.3 Å². The van der Waals surface area contributed by atoms with E-state index < -0.39 is 0 Å². The maximum atomic E-state index is 11.5. The quantitative estimate of drug-likeness (QED) is 0.431. The van der Waals surface area contributed by atoms with Crippen molar-refractivity contribution in [1.29, 1.82) is 0 Å². The van der Waals surface area contributed by atoms with Crippen molar-refractivity contribution in [2.75, 3.05) is 6.54 Å². The van der Waals surface area contributed by atoms with Gasteiger partial charge in [-0.2, -0.15) is 0 Å². The Labute approximate surface area is 98.5 Å². The molecular formula is C12H25N3O. The number of likely N-dealkylation sites (tertiary alicyclic amines) is 1. The summed E-state index contributed by atoms with van der Waals surface area (Å²) in [4.78, 5) is 14.0. The van der Waals surface area contributed by atoms with Gasteiger partial charge in [0, 0.05) is 12.1 Å². The number of carbonyl (C=O) groups excluding carboxylic acids is 1. The van der Waals surface area contributed by atoms with Crippen LogP contribution in [0.5, 0.6) is 0 Å². The van der Waals surface area contributed by atoms with Crippen LogP contribution in [0, 0.1) is 11.8 Å². The van der Waals surface area contributed by atoms with Crippen molar-refractivity contribution in [3.63, 3.8) is 0 Å². The van der Waals surface area contributed by atoms with Gasteiger partial charge in [0.25, 0.3) is 0 Å². The van der Waals surface area contributed by atoms with Crippen molar-refractivity contribution in [2.24, 2.45) is 17.7 Å². The van der Waals surface area contributed by atoms with Gasteiger partial charge < -0.3 is 0 Å². The first-order valence-corrected chi connectivity index (χ1v) is 6.25. The molecule has 0 aliphatic carbocycles. The lowest BCUT2D eigenvalue weighted by Crippen LogP contribution is -2.52. The molecule has 0 aromatic carbocycles. The molecule has 0 bridgehead atoms. The summed E-state index contributed by atoms with van der Waals surface area (Å²) in [5.41, 5.74) is 2.25. The van der Waals surface area contributed by atoms with Gasteiger partial charge in [0.05, 0.1) is 5.92 Å². The number of rotatable bonds is 3. The molecule has 0 saturated carbocycles. The van der Waals surface area contributed by atoms with Gasteiger partial charge in [-0.3, -0.25) is 15.1 Å². The lowest BCUT2D eigenvalue weighted by molar-refractivity contribution is -0.127. The Bertz CT molecular complexity index is 244. The Morgan fingerprint density at radius 2 is 2.06 bits per heavy atom. The molecule has 4 nitrogen and oxygen atoms in total. The lowest BCUT2D eigenvalue weighted by atomic mass is 9.88. The van der Waals surface area contributed by atoms with E-state index in [1.165, 1.54) is 12.8 Å². The summed E-state index contributed by atoms with van der Waals surface area (Å²) in [5.74, 6) is 5.77. The summed E-state index contributed by atoms with van der Waals surface area (Å²) in [7, 11) is 0. The van der Waals surface area contributed by atoms with Gasteiger partial charge in [-0.25, -0.2) is 5.84 Å². The zero-order valence-corrected chi connectivity index (χ0v) is 10.9. The first-order valence-electron chi connectivity index (χ1n) is 6.25. The van der Waals surface area contributed by atoms with Crippen LogP contribution in [0.1, 0.15) is 40.5 Å². The van der Waals surface area contributed by atoms with Crippen LogP contribution in [-0.2, 0) is 4.79 Å². The average Bonchev–Trinajstić information content (AvgIpc) is 2.29. The third-order valence-electron chi connectivity index (χ3n) is 4.22. The average molecular weight is 227 g/mol. The second-order valence-corrected chi connectivity index (χ2v) is 5.14. The normalized spacial score (nSPS) is 30.8. The van der Waals surface area contributed by atoms with Crippen molar-refractivity contribution >= 4 is 5.91 Å². The largest absolute Gasteiger partial charge is 0.297 e. The molecule has 1 aliphatic heterocycles. The minimum absolute atomic E-state index is 0.0576. The molecule has 4 heteroatoms. The standard InChI is InChI=1S/C12H25N3O/c1-8-6-5-7-15(10(8)3)11(4)9(2)12(16)14-13/h8-11H,5-7,13H2,1-4H3,(H,14,16). The number of piperidine rings is 1. The first-order chi connectivity index (χ1) is 7.49. The number of carbonyl (C=O) groups is 1. The van der Waals surface area contributed by atoms with Crippen molar-refractivity contribution in [3.8, 4) is 0 Å². The van der Waals surface area contributed by atoms with Gasteiger partial charge in [0.1, 0.15) is 0 Å². The molecule has 1 amide bonds. The predicted molar refractivity (Wildman–Crippen MR) is 65.5 cm³/mol. The highest BCUT2D eigenvalue weighted by Crippen LogP contribution is 2.26. The van der Waals surface area contributed by atoms with E-state index in [2.05, 4.69) is 31.1 Å². The van der Waals surface area contributed by atoms with Crippen LogP contribution in [0.2, 0.25) is 0 Å². The monoisotopic (exact) mass is 227 g/mol. The van der Waals surface area contributed by atoms with E-state index in [4.69, 9.17) is 5.84 Å². The molecule has 0 spiro atoms. The van der Waals surface area contributed by atoms with Gasteiger partial charge in [-0.1, -0.05) is 13.8 Å². The number of hydrazine groups is 1. The molecule has 1 fully saturated rings. The van der Waals surface area contributed by atoms with Gasteiger partial charge in [0.15, 0.2) is 0 Å². The number of nitrogens with one attached hydrogen (secondary N) is 1. The van der Waals surface area contributed by atoms with Crippen LogP contribution in [0.25, 0.3) is 0 Å². The van der Waals surface area contributed by atoms with Crippen molar-refractivity contribution in [3.05, 3.63) is 0 Å². The van der Waals surface area contributed by atoms with Crippen LogP contribution in [0.15, 0.2) is 0 Å². The maximum absolute atomic E-state index is 11.5. The Balaban J connectivity index is 2.64. The van der Waals surface area contributed by atoms with Crippen LogP contribution >= 0.6 is 0 Å². The SMILES string of the molecule is CC1CCCN(C(C)C(C)C(=O)NN)C1C. The molecule has 1 rings (SSSR count). The van der Waals surface area contributed by atoms with Crippen LogP contribution in [0.4, 0.5) is 0 Å². The van der Waals surface area contributed by atoms with Gasteiger partial charge >= 0.3 is 0 Å². The Kier molecular flexibility index (Phi) is 4.74. The zero-order valence-electron chi connectivity index (χ0n) is 10.9. The van der Waals surface area contributed by atoms with Crippen molar-refractivity contribution in [2.45, 2.75) is 52.6 Å². The highest BCUT2D eigenvalue weighted by molar-refractivity contribution is 5.78. The molecule has 94 valence electrons. The summed E-state index contributed by atoms with van der Waals surface area (Å²) in [6, 6.07) is 0.804. The molecule has 4 atom stereocenters. The van der Waals surface area contributed by atoms with Crippen molar-refractivity contribution < 1.29 is 4.79 Å². The second kappa shape index (κ2) is 5.64. The van der Waals surface area contributed by atoms with Crippen LogP contribution in [0.3, 0.4) is 0 Å². The fourth-order valence-electron chi connectivity index (χ4n) is 2.58. The molecule has 0 radical (unpaired) electrons. The molecule has 0 aromatic rings. The molecule has 3 N–H and O–H groups in total. The first kappa shape index (κ1) is 13.5. The Morgan fingerprint density at radius 1 is 1.44 bits per heavy atom. The molecular weight excluding hydrogens is 202 g/mol. The number of hydrogen-bond acceptors (Lipinski definition) is 3. The van der Waals surface area contributed by atoms with E-state index in [0.29, 0.717) is 12.0 Å². The molecule has 16 heavy (non-hydrogen) atoms. The molecule has 4 unspecified atom stereocenters. The topological polar surface area (TPSA) is 58.4 Å². The summed E-state index contributed by atoms with van der Waals surface area (Å²) < 4.78 is 0. The van der Waals surface area contributed by atoms with Gasteiger partial charge in [-0.15, -0.1) is 0 Å². The number of amides is 1. The molecule has 1 aliphatic rings. The van der Waals surface area contributed by atoms with E-state index in [0.717, 1.165) is 6.54 Å². The molecule has 0 aromatic heterocycles. The summed E-state index contributed by atoms with van der Waals surface area (Å²) in [6.07, 6.45) is 2.52. The Morgan fingerprint density at radius 3 is 2.62 bits per heavy atom. The highest BCUT2D eigenvalue weighted by Gasteiger charge is 2.32. The summed E-state index contributed by atoms with van der Waals surface area (Å²) in [5, 5.41) is 0. The minimum Gasteiger partial charge on any atom is -0.297 e. The van der Waals surface area contributed by atoms with Gasteiger partial charge in [-0.05, 0) is 39.2 Å². The third-order valence-corrected chi connectivity index (χ3v) is 4.22.